The molecule has 0 saturated heterocycles. The molecule has 0 unspecified atom stereocenters. The Morgan fingerprint density at radius 2 is 1.96 bits per heavy atom. The van der Waals surface area contributed by atoms with Crippen LogP contribution < -0.4 is 10.7 Å². The number of amides is 1. The fourth-order valence-electron chi connectivity index (χ4n) is 2.81. The van der Waals surface area contributed by atoms with E-state index in [0.29, 0.717) is 0 Å². The van der Waals surface area contributed by atoms with Gasteiger partial charge in [-0.2, -0.15) is 0 Å². The van der Waals surface area contributed by atoms with Crippen molar-refractivity contribution < 1.29 is 4.79 Å². The SMILES string of the molecule is CCCC/C=C/c1ccccc1NC(=O)/C(C)=C(\C(C)C)N(C)NC. The Bertz CT molecular complexity index is 617. The lowest BCUT2D eigenvalue weighted by Crippen LogP contribution is -2.34. The van der Waals surface area contributed by atoms with E-state index in [1.165, 1.54) is 12.8 Å². The molecule has 0 aliphatic rings. The zero-order chi connectivity index (χ0) is 18.8. The van der Waals surface area contributed by atoms with E-state index in [9.17, 15) is 4.79 Å². The average Bonchev–Trinajstić information content (AvgIpc) is 2.59. The van der Waals surface area contributed by atoms with Crippen molar-refractivity contribution in [1.82, 2.24) is 10.4 Å². The number of unbranched alkanes of at least 4 members (excludes halogenated alkanes) is 2. The van der Waals surface area contributed by atoms with Gasteiger partial charge in [0.1, 0.15) is 0 Å². The first-order valence-corrected chi connectivity index (χ1v) is 9.11. The zero-order valence-electron chi connectivity index (χ0n) is 16.5. The van der Waals surface area contributed by atoms with Crippen LogP contribution in [-0.4, -0.2) is 25.0 Å². The lowest BCUT2D eigenvalue weighted by atomic mass is 10.0. The molecular formula is C21H33N3O. The van der Waals surface area contributed by atoms with Gasteiger partial charge in [-0.25, -0.2) is 5.43 Å². The quantitative estimate of drug-likeness (QED) is 0.384. The molecule has 1 aromatic carbocycles. The van der Waals surface area contributed by atoms with Crippen LogP contribution in [0.4, 0.5) is 5.69 Å². The number of anilines is 1. The second kappa shape index (κ2) is 10.7. The number of carbonyl (C=O) groups excluding carboxylic acids is 1. The maximum absolute atomic E-state index is 12.8. The largest absolute Gasteiger partial charge is 0.322 e. The smallest absolute Gasteiger partial charge is 0.253 e. The lowest BCUT2D eigenvalue weighted by molar-refractivity contribution is -0.113. The highest BCUT2D eigenvalue weighted by molar-refractivity contribution is 6.04. The van der Waals surface area contributed by atoms with Crippen LogP contribution >= 0.6 is 0 Å². The van der Waals surface area contributed by atoms with Crippen molar-refractivity contribution in [1.29, 1.82) is 0 Å². The number of hydrogen-bond donors (Lipinski definition) is 2. The highest BCUT2D eigenvalue weighted by Crippen LogP contribution is 2.21. The molecule has 4 heteroatoms. The summed E-state index contributed by atoms with van der Waals surface area (Å²) in [4.78, 5) is 12.8. The van der Waals surface area contributed by atoms with Crippen molar-refractivity contribution in [3.05, 3.63) is 47.2 Å². The third kappa shape index (κ3) is 6.39. The molecule has 0 aliphatic heterocycles. The predicted molar refractivity (Wildman–Crippen MR) is 108 cm³/mol. The Morgan fingerprint density at radius 3 is 2.56 bits per heavy atom. The van der Waals surface area contributed by atoms with E-state index >= 15 is 0 Å². The fourth-order valence-corrected chi connectivity index (χ4v) is 2.81. The molecule has 1 aromatic rings. The van der Waals surface area contributed by atoms with Crippen molar-refractivity contribution in [3.63, 3.8) is 0 Å². The second-order valence-electron chi connectivity index (χ2n) is 6.53. The highest BCUT2D eigenvalue weighted by Gasteiger charge is 2.17. The summed E-state index contributed by atoms with van der Waals surface area (Å²) in [5.74, 6) is 0.174. The summed E-state index contributed by atoms with van der Waals surface area (Å²) in [5.41, 5.74) is 6.66. The van der Waals surface area contributed by atoms with Crippen LogP contribution in [0.3, 0.4) is 0 Å². The van der Waals surface area contributed by atoms with E-state index in [1.807, 2.05) is 50.3 Å². The van der Waals surface area contributed by atoms with Gasteiger partial charge in [0.25, 0.3) is 5.91 Å². The van der Waals surface area contributed by atoms with E-state index in [-0.39, 0.29) is 11.8 Å². The Morgan fingerprint density at radius 1 is 1.28 bits per heavy atom. The highest BCUT2D eigenvalue weighted by atomic mass is 16.1. The number of benzene rings is 1. The lowest BCUT2D eigenvalue weighted by Gasteiger charge is -2.26. The molecule has 4 nitrogen and oxygen atoms in total. The number of carbonyl (C=O) groups is 1. The number of para-hydroxylation sites is 1. The van der Waals surface area contributed by atoms with Gasteiger partial charge in [0.2, 0.25) is 0 Å². The minimum atomic E-state index is -0.0693. The van der Waals surface area contributed by atoms with Crippen molar-refractivity contribution in [3.8, 4) is 0 Å². The van der Waals surface area contributed by atoms with Gasteiger partial charge < -0.3 is 10.3 Å². The van der Waals surface area contributed by atoms with Crippen molar-refractivity contribution in [2.75, 3.05) is 19.4 Å². The molecule has 25 heavy (non-hydrogen) atoms. The summed E-state index contributed by atoms with van der Waals surface area (Å²) in [6.45, 7) is 8.23. The van der Waals surface area contributed by atoms with Gasteiger partial charge in [0, 0.05) is 31.1 Å². The minimum absolute atomic E-state index is 0.0693. The van der Waals surface area contributed by atoms with Crippen LogP contribution in [0.15, 0.2) is 41.6 Å². The Kier molecular flexibility index (Phi) is 9.00. The van der Waals surface area contributed by atoms with Crippen molar-refractivity contribution in [2.45, 2.75) is 47.0 Å². The van der Waals surface area contributed by atoms with E-state index in [2.05, 4.69) is 43.7 Å². The van der Waals surface area contributed by atoms with Crippen LogP contribution in [-0.2, 0) is 4.79 Å². The van der Waals surface area contributed by atoms with Gasteiger partial charge >= 0.3 is 0 Å². The third-order valence-corrected chi connectivity index (χ3v) is 4.20. The number of nitrogens with zero attached hydrogens (tertiary/aromatic N) is 1. The molecule has 138 valence electrons. The van der Waals surface area contributed by atoms with Gasteiger partial charge in [-0.1, -0.05) is 64.0 Å². The summed E-state index contributed by atoms with van der Waals surface area (Å²) in [6.07, 6.45) is 7.69. The van der Waals surface area contributed by atoms with Gasteiger partial charge in [0.15, 0.2) is 0 Å². The topological polar surface area (TPSA) is 44.4 Å². The van der Waals surface area contributed by atoms with Crippen LogP contribution in [0, 0.1) is 5.92 Å². The summed E-state index contributed by atoms with van der Waals surface area (Å²) >= 11 is 0. The Balaban J connectivity index is 3.01. The van der Waals surface area contributed by atoms with Crippen LogP contribution in [0.1, 0.15) is 52.5 Å². The fraction of sp³-hybridized carbons (Fsp3) is 0.476. The molecule has 0 fully saturated rings. The number of rotatable bonds is 9. The summed E-state index contributed by atoms with van der Waals surface area (Å²) in [7, 11) is 3.78. The first-order chi connectivity index (χ1) is 11.9. The molecule has 0 radical (unpaired) electrons. The molecule has 0 spiro atoms. The van der Waals surface area contributed by atoms with Crippen molar-refractivity contribution >= 4 is 17.7 Å². The molecule has 0 atom stereocenters. The van der Waals surface area contributed by atoms with Gasteiger partial charge in [-0.3, -0.25) is 4.79 Å². The number of hydrogen-bond acceptors (Lipinski definition) is 3. The molecule has 0 aliphatic carbocycles. The third-order valence-electron chi connectivity index (χ3n) is 4.20. The normalized spacial score (nSPS) is 12.4. The first kappa shape index (κ1) is 21.0. The molecule has 0 aromatic heterocycles. The van der Waals surface area contributed by atoms with Crippen molar-refractivity contribution in [2.24, 2.45) is 5.92 Å². The van der Waals surface area contributed by atoms with Crippen LogP contribution in [0.25, 0.3) is 6.08 Å². The van der Waals surface area contributed by atoms with Gasteiger partial charge in [-0.05, 0) is 30.9 Å². The van der Waals surface area contributed by atoms with Crippen LogP contribution in [0.2, 0.25) is 0 Å². The number of allylic oxidation sites excluding steroid dienone is 2. The summed E-state index contributed by atoms with van der Waals surface area (Å²) in [6, 6.07) is 7.91. The minimum Gasteiger partial charge on any atom is -0.322 e. The average molecular weight is 344 g/mol. The second-order valence-corrected chi connectivity index (χ2v) is 6.53. The van der Waals surface area contributed by atoms with E-state index in [0.717, 1.165) is 28.9 Å². The number of nitrogens with one attached hydrogen (secondary N) is 2. The van der Waals surface area contributed by atoms with E-state index in [1.54, 1.807) is 0 Å². The first-order valence-electron chi connectivity index (χ1n) is 9.11. The van der Waals surface area contributed by atoms with E-state index in [4.69, 9.17) is 0 Å². The summed E-state index contributed by atoms with van der Waals surface area (Å²) in [5, 5.41) is 4.96. The molecule has 0 bridgehead atoms. The van der Waals surface area contributed by atoms with E-state index < -0.39 is 0 Å². The number of hydrazine groups is 1. The van der Waals surface area contributed by atoms with Gasteiger partial charge in [-0.15, -0.1) is 0 Å². The standard InChI is InChI=1S/C21H33N3O/c1-7-8-9-10-13-18-14-11-12-15-19(18)23-21(25)17(4)20(16(2)3)24(6)22-5/h10-16,22H,7-9H2,1-6H3,(H,23,25)/b13-10+,20-17+. The predicted octanol–water partition coefficient (Wildman–Crippen LogP) is 4.82. The van der Waals surface area contributed by atoms with Gasteiger partial charge in [0.05, 0.1) is 0 Å². The maximum Gasteiger partial charge on any atom is 0.253 e. The molecule has 1 amide bonds. The Labute approximate surface area is 153 Å². The molecule has 0 saturated carbocycles. The Hall–Kier alpha value is -2.07. The molecular weight excluding hydrogens is 310 g/mol. The maximum atomic E-state index is 12.8. The molecule has 0 heterocycles. The summed E-state index contributed by atoms with van der Waals surface area (Å²) < 4.78 is 0. The molecule has 1 rings (SSSR count). The van der Waals surface area contributed by atoms with Crippen LogP contribution in [0.5, 0.6) is 0 Å². The molecule has 2 N–H and O–H groups in total. The monoisotopic (exact) mass is 343 g/mol. The zero-order valence-corrected chi connectivity index (χ0v) is 16.5.